The van der Waals surface area contributed by atoms with Gasteiger partial charge in [0.2, 0.25) is 0 Å². The molecule has 5 heteroatoms. The first-order valence-corrected chi connectivity index (χ1v) is 9.16. The maximum atomic E-state index is 11.9. The average Bonchev–Trinajstić information content (AvgIpc) is 2.73. The molecule has 0 spiro atoms. The Bertz CT molecular complexity index is 746. The second kappa shape index (κ2) is 7.11. The Labute approximate surface area is 151 Å². The largest absolute Gasteiger partial charge is 0.477 e. The van der Waals surface area contributed by atoms with Crippen molar-refractivity contribution in [1.29, 1.82) is 0 Å². The van der Waals surface area contributed by atoms with Gasteiger partial charge >= 0.3 is 5.97 Å². The topological polar surface area (TPSA) is 54.3 Å². The van der Waals surface area contributed by atoms with Crippen molar-refractivity contribution < 1.29 is 9.90 Å². The number of aromatic carboxylic acids is 1. The molecular formula is C19H23BrN2O2. The van der Waals surface area contributed by atoms with Crippen LogP contribution in [-0.2, 0) is 13.1 Å². The normalized spacial score (nSPS) is 14.6. The molecule has 128 valence electrons. The van der Waals surface area contributed by atoms with E-state index < -0.39 is 5.97 Å². The van der Waals surface area contributed by atoms with E-state index in [4.69, 9.17) is 0 Å². The summed E-state index contributed by atoms with van der Waals surface area (Å²) in [4.78, 5) is 11.9. The molecule has 0 amide bonds. The monoisotopic (exact) mass is 390 g/mol. The number of halogens is 1. The van der Waals surface area contributed by atoms with Crippen LogP contribution >= 0.6 is 15.9 Å². The minimum Gasteiger partial charge on any atom is -0.477 e. The Morgan fingerprint density at radius 1 is 1.29 bits per heavy atom. The Morgan fingerprint density at radius 3 is 2.50 bits per heavy atom. The van der Waals surface area contributed by atoms with Gasteiger partial charge in [-0.3, -0.25) is 0 Å². The van der Waals surface area contributed by atoms with Crippen molar-refractivity contribution in [3.63, 3.8) is 0 Å². The number of aromatic nitrogens is 1. The first kappa shape index (κ1) is 17.2. The maximum Gasteiger partial charge on any atom is 0.352 e. The quantitative estimate of drug-likeness (QED) is 0.774. The third-order valence-corrected chi connectivity index (χ3v) is 5.91. The van der Waals surface area contributed by atoms with Crippen LogP contribution in [0, 0.1) is 13.8 Å². The average molecular weight is 391 g/mol. The minimum absolute atomic E-state index is 0.381. The van der Waals surface area contributed by atoms with Gasteiger partial charge in [0.15, 0.2) is 0 Å². The van der Waals surface area contributed by atoms with E-state index in [1.54, 1.807) is 0 Å². The molecule has 24 heavy (non-hydrogen) atoms. The van der Waals surface area contributed by atoms with Gasteiger partial charge < -0.3 is 15.0 Å². The number of carboxylic acid groups (broad SMARTS) is 1. The molecule has 1 aromatic heterocycles. The van der Waals surface area contributed by atoms with Crippen molar-refractivity contribution in [3.05, 3.63) is 56.8 Å². The van der Waals surface area contributed by atoms with Crippen LogP contribution in [0.15, 0.2) is 28.9 Å². The molecule has 2 aromatic rings. The first-order chi connectivity index (χ1) is 11.5. The summed E-state index contributed by atoms with van der Waals surface area (Å²) in [6, 6.07) is 8.74. The molecule has 2 N–H and O–H groups in total. The van der Waals surface area contributed by atoms with Crippen molar-refractivity contribution in [2.45, 2.75) is 52.2 Å². The molecule has 1 aliphatic rings. The van der Waals surface area contributed by atoms with Gasteiger partial charge in [0.1, 0.15) is 5.69 Å². The molecule has 1 heterocycles. The highest BCUT2D eigenvalue weighted by atomic mass is 79.9. The molecule has 4 nitrogen and oxygen atoms in total. The molecule has 3 rings (SSSR count). The van der Waals surface area contributed by atoms with E-state index in [1.807, 2.05) is 18.4 Å². The summed E-state index contributed by atoms with van der Waals surface area (Å²) in [5, 5.41) is 13.3. The Balaban J connectivity index is 1.91. The summed E-state index contributed by atoms with van der Waals surface area (Å²) >= 11 is 3.60. The highest BCUT2D eigenvalue weighted by Crippen LogP contribution is 2.29. The van der Waals surface area contributed by atoms with Gasteiger partial charge in [0.05, 0.1) is 4.60 Å². The lowest BCUT2D eigenvalue weighted by Crippen LogP contribution is -2.35. The molecule has 0 bridgehead atoms. The molecule has 1 saturated carbocycles. The lowest BCUT2D eigenvalue weighted by molar-refractivity contribution is 0.0683. The van der Waals surface area contributed by atoms with Crippen molar-refractivity contribution in [3.8, 4) is 0 Å². The van der Waals surface area contributed by atoms with Crippen LogP contribution in [0.2, 0.25) is 0 Å². The fourth-order valence-corrected chi connectivity index (χ4v) is 3.65. The highest BCUT2D eigenvalue weighted by molar-refractivity contribution is 9.10. The second-order valence-electron chi connectivity index (χ2n) is 6.63. The van der Waals surface area contributed by atoms with Gasteiger partial charge in [-0.15, -0.1) is 0 Å². The van der Waals surface area contributed by atoms with E-state index >= 15 is 0 Å². The standard InChI is InChI=1S/C19H23BrN2O2/c1-12-6-8-14(9-7-12)11-22-17(19(23)24)16(13(2)18(22)20)10-21-15-4-3-5-15/h6-9,15,21H,3-5,10-11H2,1-2H3,(H,23,24). The van der Waals surface area contributed by atoms with Crippen molar-refractivity contribution in [2.24, 2.45) is 0 Å². The molecular weight excluding hydrogens is 368 g/mol. The summed E-state index contributed by atoms with van der Waals surface area (Å²) in [5.74, 6) is -0.874. The van der Waals surface area contributed by atoms with E-state index in [9.17, 15) is 9.90 Å². The fourth-order valence-electron chi connectivity index (χ4n) is 3.11. The number of carbonyl (C=O) groups is 1. The number of nitrogens with one attached hydrogen (secondary N) is 1. The zero-order valence-electron chi connectivity index (χ0n) is 14.1. The van der Waals surface area contributed by atoms with Gasteiger partial charge in [-0.2, -0.15) is 0 Å². The van der Waals surface area contributed by atoms with E-state index in [0.717, 1.165) is 21.3 Å². The summed E-state index contributed by atoms with van der Waals surface area (Å²) in [7, 11) is 0. The summed E-state index contributed by atoms with van der Waals surface area (Å²) in [5.41, 5.74) is 4.56. The molecule has 1 fully saturated rings. The van der Waals surface area contributed by atoms with Gasteiger partial charge in [-0.1, -0.05) is 36.2 Å². The Morgan fingerprint density at radius 2 is 1.96 bits per heavy atom. The van der Waals surface area contributed by atoms with Gasteiger partial charge in [0, 0.05) is 24.7 Å². The smallest absolute Gasteiger partial charge is 0.352 e. The van der Waals surface area contributed by atoms with Crippen LogP contribution in [0.25, 0.3) is 0 Å². The maximum absolute atomic E-state index is 11.9. The Hall–Kier alpha value is -1.59. The van der Waals surface area contributed by atoms with Crippen LogP contribution < -0.4 is 5.32 Å². The number of hydrogen-bond donors (Lipinski definition) is 2. The van der Waals surface area contributed by atoms with Crippen molar-refractivity contribution >= 4 is 21.9 Å². The van der Waals surface area contributed by atoms with Crippen molar-refractivity contribution in [2.75, 3.05) is 0 Å². The van der Waals surface area contributed by atoms with E-state index in [-0.39, 0.29) is 0 Å². The van der Waals surface area contributed by atoms with Crippen molar-refractivity contribution in [1.82, 2.24) is 9.88 Å². The number of aryl methyl sites for hydroxylation is 1. The summed E-state index contributed by atoms with van der Waals surface area (Å²) < 4.78 is 2.71. The second-order valence-corrected chi connectivity index (χ2v) is 7.38. The highest BCUT2D eigenvalue weighted by Gasteiger charge is 2.25. The zero-order chi connectivity index (χ0) is 17.3. The number of carboxylic acids is 1. The minimum atomic E-state index is -0.874. The van der Waals surface area contributed by atoms with Crippen LogP contribution in [-0.4, -0.2) is 21.7 Å². The SMILES string of the molecule is Cc1ccc(Cn2c(Br)c(C)c(CNC3CCC3)c2C(=O)O)cc1. The van der Waals surface area contributed by atoms with Gasteiger partial charge in [-0.05, 0) is 53.7 Å². The number of benzene rings is 1. The van der Waals surface area contributed by atoms with Crippen LogP contribution in [0.4, 0.5) is 0 Å². The van der Waals surface area contributed by atoms with Crippen LogP contribution in [0.5, 0.6) is 0 Å². The van der Waals surface area contributed by atoms with Gasteiger partial charge in [-0.25, -0.2) is 4.79 Å². The van der Waals surface area contributed by atoms with E-state index in [2.05, 4.69) is 45.5 Å². The third-order valence-electron chi connectivity index (χ3n) is 4.89. The summed E-state index contributed by atoms with van der Waals surface area (Å²) in [6.07, 6.45) is 3.64. The third kappa shape index (κ3) is 3.42. The van der Waals surface area contributed by atoms with E-state index in [1.165, 1.54) is 24.8 Å². The molecule has 1 aromatic carbocycles. The fraction of sp³-hybridized carbons (Fsp3) is 0.421. The first-order valence-electron chi connectivity index (χ1n) is 8.37. The molecule has 0 atom stereocenters. The Kier molecular flexibility index (Phi) is 5.11. The van der Waals surface area contributed by atoms with Crippen LogP contribution in [0.3, 0.4) is 0 Å². The number of nitrogens with zero attached hydrogens (tertiary/aromatic N) is 1. The molecule has 0 unspecified atom stereocenters. The summed E-state index contributed by atoms with van der Waals surface area (Å²) in [6.45, 7) is 5.19. The lowest BCUT2D eigenvalue weighted by atomic mass is 9.93. The number of rotatable bonds is 6. The predicted molar refractivity (Wildman–Crippen MR) is 98.6 cm³/mol. The number of hydrogen-bond acceptors (Lipinski definition) is 2. The molecule has 0 saturated heterocycles. The lowest BCUT2D eigenvalue weighted by Gasteiger charge is -2.26. The zero-order valence-corrected chi connectivity index (χ0v) is 15.7. The predicted octanol–water partition coefficient (Wildman–Crippen LogP) is 4.26. The van der Waals surface area contributed by atoms with E-state index in [0.29, 0.717) is 24.8 Å². The van der Waals surface area contributed by atoms with Gasteiger partial charge in [0.25, 0.3) is 0 Å². The molecule has 0 radical (unpaired) electrons. The molecule has 0 aliphatic heterocycles. The van der Waals surface area contributed by atoms with Crippen LogP contribution in [0.1, 0.15) is 52.0 Å². The molecule has 1 aliphatic carbocycles.